The molecule has 0 aromatic carbocycles. The Bertz CT molecular complexity index is 234. The monoisotopic (exact) mass is 224 g/mol. The lowest BCUT2D eigenvalue weighted by atomic mass is 9.82. The van der Waals surface area contributed by atoms with E-state index in [0.29, 0.717) is 7.92 Å². The van der Waals surface area contributed by atoms with Crippen molar-refractivity contribution in [2.24, 2.45) is 17.8 Å². The third-order valence-corrected chi connectivity index (χ3v) is 8.79. The van der Waals surface area contributed by atoms with Crippen LogP contribution in [-0.2, 0) is 0 Å². The van der Waals surface area contributed by atoms with Gasteiger partial charge in [-0.2, -0.15) is 0 Å². The molecule has 0 radical (unpaired) electrons. The van der Waals surface area contributed by atoms with Gasteiger partial charge in [-0.05, 0) is 74.3 Å². The Kier molecular flexibility index (Phi) is 2.63. The van der Waals surface area contributed by atoms with E-state index < -0.39 is 0 Å². The Morgan fingerprint density at radius 3 is 2.40 bits per heavy atom. The molecule has 0 aromatic rings. The van der Waals surface area contributed by atoms with Crippen LogP contribution in [0.15, 0.2) is 0 Å². The SMILES string of the molecule is CCCCP(C)C12CC3CC(CC1C3)C2. The molecule has 4 rings (SSSR count). The van der Waals surface area contributed by atoms with Crippen LogP contribution >= 0.6 is 7.92 Å². The predicted octanol–water partition coefficient (Wildman–Crippen LogP) is 4.48. The van der Waals surface area contributed by atoms with Gasteiger partial charge in [-0.25, -0.2) is 0 Å². The lowest BCUT2D eigenvalue weighted by Crippen LogP contribution is -2.29. The normalized spacial score (nSPS) is 48.8. The molecule has 4 aliphatic rings. The summed E-state index contributed by atoms with van der Waals surface area (Å²) >= 11 is 0. The Morgan fingerprint density at radius 2 is 1.80 bits per heavy atom. The summed E-state index contributed by atoms with van der Waals surface area (Å²) < 4.78 is 0. The Morgan fingerprint density at radius 1 is 1.13 bits per heavy atom. The lowest BCUT2D eigenvalue weighted by molar-refractivity contribution is 0.282. The second-order valence-corrected chi connectivity index (χ2v) is 9.16. The first-order valence-corrected chi connectivity index (χ1v) is 8.93. The largest absolute Gasteiger partial charge is 0.103 e. The van der Waals surface area contributed by atoms with E-state index in [-0.39, 0.29) is 0 Å². The summed E-state index contributed by atoms with van der Waals surface area (Å²) in [7, 11) is 0.355. The fourth-order valence-electron chi connectivity index (χ4n) is 4.99. The van der Waals surface area contributed by atoms with Gasteiger partial charge in [0.2, 0.25) is 0 Å². The average Bonchev–Trinajstić information content (AvgIpc) is 2.61. The average molecular weight is 224 g/mol. The van der Waals surface area contributed by atoms with E-state index >= 15 is 0 Å². The Labute approximate surface area is 96.0 Å². The summed E-state index contributed by atoms with van der Waals surface area (Å²) in [5.74, 6) is 3.50. The summed E-state index contributed by atoms with van der Waals surface area (Å²) in [4.78, 5) is 0. The quantitative estimate of drug-likeness (QED) is 0.618. The van der Waals surface area contributed by atoms with E-state index in [0.717, 1.165) is 17.0 Å². The van der Waals surface area contributed by atoms with E-state index in [9.17, 15) is 0 Å². The van der Waals surface area contributed by atoms with Gasteiger partial charge in [-0.15, -0.1) is 7.92 Å². The van der Waals surface area contributed by atoms with Crippen molar-refractivity contribution >= 4 is 7.92 Å². The van der Waals surface area contributed by atoms with Crippen molar-refractivity contribution in [1.29, 1.82) is 0 Å². The zero-order valence-corrected chi connectivity index (χ0v) is 11.2. The van der Waals surface area contributed by atoms with Crippen LogP contribution in [0.2, 0.25) is 0 Å². The van der Waals surface area contributed by atoms with Gasteiger partial charge in [0.15, 0.2) is 0 Å². The van der Waals surface area contributed by atoms with Crippen LogP contribution in [0, 0.1) is 17.8 Å². The fourth-order valence-corrected chi connectivity index (χ4v) is 8.20. The summed E-state index contributed by atoms with van der Waals surface area (Å²) in [5, 5.41) is 0.901. The van der Waals surface area contributed by atoms with Crippen LogP contribution in [0.25, 0.3) is 0 Å². The maximum atomic E-state index is 2.63. The Balaban J connectivity index is 1.74. The molecule has 0 amide bonds. The van der Waals surface area contributed by atoms with Crippen LogP contribution in [0.5, 0.6) is 0 Å². The van der Waals surface area contributed by atoms with Gasteiger partial charge in [0.25, 0.3) is 0 Å². The molecule has 0 aliphatic heterocycles. The molecule has 0 heterocycles. The maximum Gasteiger partial charge on any atom is -0.00632 e. The zero-order chi connectivity index (χ0) is 10.5. The lowest BCUT2D eigenvalue weighted by Gasteiger charge is -2.39. The molecule has 0 nitrogen and oxygen atoms in total. The highest BCUT2D eigenvalue weighted by atomic mass is 31.1. The van der Waals surface area contributed by atoms with E-state index in [1.54, 1.807) is 38.3 Å². The summed E-state index contributed by atoms with van der Waals surface area (Å²) in [6.07, 6.45) is 12.6. The van der Waals surface area contributed by atoms with Crippen molar-refractivity contribution in [3.63, 3.8) is 0 Å². The molecule has 4 saturated carbocycles. The van der Waals surface area contributed by atoms with Gasteiger partial charge in [-0.3, -0.25) is 0 Å². The van der Waals surface area contributed by atoms with Gasteiger partial charge in [-0.1, -0.05) is 13.3 Å². The van der Waals surface area contributed by atoms with Crippen LogP contribution in [-0.4, -0.2) is 18.0 Å². The molecule has 0 N–H and O–H groups in total. The van der Waals surface area contributed by atoms with Crippen molar-refractivity contribution < 1.29 is 0 Å². The molecular weight excluding hydrogens is 199 g/mol. The second-order valence-electron chi connectivity index (χ2n) is 6.42. The third kappa shape index (κ3) is 1.51. The van der Waals surface area contributed by atoms with Crippen LogP contribution < -0.4 is 0 Å². The van der Waals surface area contributed by atoms with Crippen molar-refractivity contribution in [3.05, 3.63) is 0 Å². The van der Waals surface area contributed by atoms with Crippen LogP contribution in [0.3, 0.4) is 0 Å². The molecule has 0 saturated heterocycles. The first-order valence-electron chi connectivity index (χ1n) is 6.96. The van der Waals surface area contributed by atoms with E-state index in [1.807, 2.05) is 0 Å². The fraction of sp³-hybridized carbons (Fsp3) is 1.00. The highest BCUT2D eigenvalue weighted by Gasteiger charge is 2.59. The number of hydrogen-bond acceptors (Lipinski definition) is 0. The molecular formula is C14H25P. The summed E-state index contributed by atoms with van der Waals surface area (Å²) in [6, 6.07) is 0. The predicted molar refractivity (Wildman–Crippen MR) is 68.9 cm³/mol. The standard InChI is InChI=1S/C14H25P/c1-3-4-5-15(2)14-9-11-6-12(10-14)8-13(14)7-11/h11-13H,3-10H2,1-2H3. The van der Waals surface area contributed by atoms with E-state index in [4.69, 9.17) is 0 Å². The molecule has 3 atom stereocenters. The third-order valence-electron chi connectivity index (χ3n) is 5.55. The molecule has 0 aromatic heterocycles. The smallest absolute Gasteiger partial charge is 0.00632 e. The molecule has 15 heavy (non-hydrogen) atoms. The Hall–Kier alpha value is 0.430. The molecule has 1 heteroatoms. The summed E-state index contributed by atoms with van der Waals surface area (Å²) in [6.45, 7) is 4.98. The molecule has 4 bridgehead atoms. The highest BCUT2D eigenvalue weighted by Crippen LogP contribution is 2.72. The van der Waals surface area contributed by atoms with Gasteiger partial charge in [0.1, 0.15) is 0 Å². The topological polar surface area (TPSA) is 0 Å². The van der Waals surface area contributed by atoms with Crippen molar-refractivity contribution in [3.8, 4) is 0 Å². The molecule has 4 aliphatic carbocycles. The molecule has 3 unspecified atom stereocenters. The molecule has 0 spiro atoms. The maximum absolute atomic E-state index is 2.63. The van der Waals surface area contributed by atoms with Crippen molar-refractivity contribution in [2.45, 2.75) is 57.0 Å². The van der Waals surface area contributed by atoms with E-state index in [2.05, 4.69) is 13.6 Å². The number of unbranched alkanes of at least 4 members (excludes halogenated alkanes) is 1. The number of rotatable bonds is 4. The minimum atomic E-state index is 0.355. The molecule has 86 valence electrons. The first kappa shape index (κ1) is 10.6. The minimum absolute atomic E-state index is 0.355. The highest BCUT2D eigenvalue weighted by molar-refractivity contribution is 7.58. The summed E-state index contributed by atoms with van der Waals surface area (Å²) in [5.41, 5.74) is 0. The minimum Gasteiger partial charge on any atom is -0.103 e. The zero-order valence-electron chi connectivity index (χ0n) is 10.3. The van der Waals surface area contributed by atoms with E-state index in [1.165, 1.54) is 18.8 Å². The van der Waals surface area contributed by atoms with Crippen LogP contribution in [0.4, 0.5) is 0 Å². The second kappa shape index (κ2) is 3.73. The van der Waals surface area contributed by atoms with Crippen molar-refractivity contribution in [2.75, 3.05) is 12.8 Å². The molecule has 4 fully saturated rings. The van der Waals surface area contributed by atoms with Gasteiger partial charge >= 0.3 is 0 Å². The van der Waals surface area contributed by atoms with Crippen LogP contribution in [0.1, 0.15) is 51.9 Å². The van der Waals surface area contributed by atoms with Gasteiger partial charge in [0.05, 0.1) is 0 Å². The van der Waals surface area contributed by atoms with Gasteiger partial charge < -0.3 is 0 Å². The first-order chi connectivity index (χ1) is 7.24. The van der Waals surface area contributed by atoms with Gasteiger partial charge in [0, 0.05) is 0 Å². The van der Waals surface area contributed by atoms with Crippen molar-refractivity contribution in [1.82, 2.24) is 0 Å². The number of hydrogen-bond donors (Lipinski definition) is 0.